The van der Waals surface area contributed by atoms with E-state index in [1.165, 1.54) is 11.1 Å². The monoisotopic (exact) mass is 326 g/mol. The fraction of sp³-hybridized carbons (Fsp3) is 0.278. The number of halogens is 1. The van der Waals surface area contributed by atoms with Crippen LogP contribution in [-0.2, 0) is 6.67 Å². The standard InChI is InChI=1S/C18H19ClN4/c19-16-3-5-17(6-4-16)22-12-10-21(11-13-22)14-23-9-7-15-2-1-8-20-18(15)23/h1-9H,10-14H2. The lowest BCUT2D eigenvalue weighted by Gasteiger charge is -2.36. The summed E-state index contributed by atoms with van der Waals surface area (Å²) in [6.07, 6.45) is 3.99. The molecule has 3 heterocycles. The van der Waals surface area contributed by atoms with Gasteiger partial charge in [-0.3, -0.25) is 4.90 Å². The first-order chi connectivity index (χ1) is 11.3. The Morgan fingerprint density at radius 1 is 0.957 bits per heavy atom. The number of fused-ring (bicyclic) bond motifs is 1. The molecule has 5 heteroatoms. The summed E-state index contributed by atoms with van der Waals surface area (Å²) in [5.74, 6) is 0. The Labute approximate surface area is 140 Å². The smallest absolute Gasteiger partial charge is 0.140 e. The molecule has 1 aromatic carbocycles. The first-order valence-corrected chi connectivity index (χ1v) is 8.30. The number of aromatic nitrogens is 2. The van der Waals surface area contributed by atoms with Crippen molar-refractivity contribution in [2.24, 2.45) is 0 Å². The zero-order chi connectivity index (χ0) is 15.6. The molecule has 1 aliphatic heterocycles. The molecule has 1 fully saturated rings. The fourth-order valence-corrected chi connectivity index (χ4v) is 3.28. The van der Waals surface area contributed by atoms with Crippen LogP contribution in [0.3, 0.4) is 0 Å². The van der Waals surface area contributed by atoms with Gasteiger partial charge in [-0.2, -0.15) is 0 Å². The number of hydrogen-bond donors (Lipinski definition) is 0. The van der Waals surface area contributed by atoms with E-state index < -0.39 is 0 Å². The number of nitrogens with zero attached hydrogens (tertiary/aromatic N) is 4. The lowest BCUT2D eigenvalue weighted by molar-refractivity contribution is 0.209. The van der Waals surface area contributed by atoms with Crippen molar-refractivity contribution in [3.63, 3.8) is 0 Å². The largest absolute Gasteiger partial charge is 0.369 e. The van der Waals surface area contributed by atoms with E-state index in [1.807, 2.05) is 24.4 Å². The number of piperazine rings is 1. The Bertz CT molecular complexity index is 788. The summed E-state index contributed by atoms with van der Waals surface area (Å²) in [6.45, 7) is 5.07. The predicted octanol–water partition coefficient (Wildman–Crippen LogP) is 3.47. The number of hydrogen-bond acceptors (Lipinski definition) is 3. The highest BCUT2D eigenvalue weighted by Gasteiger charge is 2.17. The molecule has 3 aromatic rings. The molecule has 2 aromatic heterocycles. The molecule has 0 spiro atoms. The van der Waals surface area contributed by atoms with Gasteiger partial charge in [-0.15, -0.1) is 0 Å². The Hall–Kier alpha value is -2.04. The third kappa shape index (κ3) is 3.05. The van der Waals surface area contributed by atoms with Crippen LogP contribution in [0.1, 0.15) is 0 Å². The SMILES string of the molecule is Clc1ccc(N2CCN(Cn3ccc4cccnc43)CC2)cc1. The molecule has 4 nitrogen and oxygen atoms in total. The summed E-state index contributed by atoms with van der Waals surface area (Å²) >= 11 is 5.97. The zero-order valence-electron chi connectivity index (χ0n) is 12.9. The molecular weight excluding hydrogens is 308 g/mol. The molecule has 0 unspecified atom stereocenters. The van der Waals surface area contributed by atoms with E-state index >= 15 is 0 Å². The van der Waals surface area contributed by atoms with E-state index in [0.717, 1.165) is 43.5 Å². The minimum Gasteiger partial charge on any atom is -0.369 e. The summed E-state index contributed by atoms with van der Waals surface area (Å²) in [4.78, 5) is 9.38. The van der Waals surface area contributed by atoms with Gasteiger partial charge in [-0.1, -0.05) is 11.6 Å². The maximum Gasteiger partial charge on any atom is 0.140 e. The summed E-state index contributed by atoms with van der Waals surface area (Å²) in [5.41, 5.74) is 2.31. The molecule has 0 atom stereocenters. The van der Waals surface area contributed by atoms with Crippen molar-refractivity contribution in [2.45, 2.75) is 6.67 Å². The van der Waals surface area contributed by atoms with Gasteiger partial charge in [0, 0.05) is 54.7 Å². The van der Waals surface area contributed by atoms with Gasteiger partial charge in [0.25, 0.3) is 0 Å². The molecule has 0 N–H and O–H groups in total. The van der Waals surface area contributed by atoms with Crippen LogP contribution >= 0.6 is 11.6 Å². The van der Waals surface area contributed by atoms with Crippen LogP contribution in [0.15, 0.2) is 54.9 Å². The van der Waals surface area contributed by atoms with Gasteiger partial charge in [-0.05, 0) is 42.5 Å². The minimum absolute atomic E-state index is 0.791. The van der Waals surface area contributed by atoms with Crippen molar-refractivity contribution in [2.75, 3.05) is 31.1 Å². The van der Waals surface area contributed by atoms with E-state index in [2.05, 4.69) is 49.8 Å². The Morgan fingerprint density at radius 2 is 1.74 bits per heavy atom. The highest BCUT2D eigenvalue weighted by molar-refractivity contribution is 6.30. The maximum atomic E-state index is 5.97. The fourth-order valence-electron chi connectivity index (χ4n) is 3.15. The van der Waals surface area contributed by atoms with Crippen molar-refractivity contribution in [3.05, 3.63) is 59.9 Å². The predicted molar refractivity (Wildman–Crippen MR) is 95.0 cm³/mol. The van der Waals surface area contributed by atoms with E-state index in [9.17, 15) is 0 Å². The normalized spacial score (nSPS) is 16.1. The average molecular weight is 327 g/mol. The van der Waals surface area contributed by atoms with E-state index in [1.54, 1.807) is 0 Å². The lowest BCUT2D eigenvalue weighted by Crippen LogP contribution is -2.46. The van der Waals surface area contributed by atoms with Crippen LogP contribution in [0.25, 0.3) is 11.0 Å². The molecule has 0 aliphatic carbocycles. The quantitative estimate of drug-likeness (QED) is 0.736. The minimum atomic E-state index is 0.791. The van der Waals surface area contributed by atoms with Gasteiger partial charge < -0.3 is 9.47 Å². The third-order valence-electron chi connectivity index (χ3n) is 4.44. The van der Waals surface area contributed by atoms with Crippen LogP contribution in [-0.4, -0.2) is 40.6 Å². The van der Waals surface area contributed by atoms with E-state index in [-0.39, 0.29) is 0 Å². The van der Waals surface area contributed by atoms with E-state index in [4.69, 9.17) is 11.6 Å². The van der Waals surface area contributed by atoms with Crippen molar-refractivity contribution in [3.8, 4) is 0 Å². The summed E-state index contributed by atoms with van der Waals surface area (Å²) in [7, 11) is 0. The summed E-state index contributed by atoms with van der Waals surface area (Å²) in [5, 5.41) is 1.99. The van der Waals surface area contributed by atoms with E-state index in [0.29, 0.717) is 0 Å². The van der Waals surface area contributed by atoms with Gasteiger partial charge in [0.1, 0.15) is 5.65 Å². The molecule has 0 bridgehead atoms. The highest BCUT2D eigenvalue weighted by Crippen LogP contribution is 2.20. The first-order valence-electron chi connectivity index (χ1n) is 7.92. The van der Waals surface area contributed by atoms with Crippen molar-refractivity contribution < 1.29 is 0 Å². The van der Waals surface area contributed by atoms with Crippen molar-refractivity contribution >= 4 is 28.3 Å². The van der Waals surface area contributed by atoms with Gasteiger partial charge in [-0.25, -0.2) is 4.98 Å². The van der Waals surface area contributed by atoms with Crippen LogP contribution in [0.5, 0.6) is 0 Å². The summed E-state index contributed by atoms with van der Waals surface area (Å²) in [6, 6.07) is 14.3. The van der Waals surface area contributed by atoms with Crippen molar-refractivity contribution in [1.82, 2.24) is 14.5 Å². The van der Waals surface area contributed by atoms with Crippen LogP contribution in [0.4, 0.5) is 5.69 Å². The summed E-state index contributed by atoms with van der Waals surface area (Å²) < 4.78 is 2.23. The molecule has 1 aliphatic rings. The Morgan fingerprint density at radius 3 is 2.52 bits per heavy atom. The van der Waals surface area contributed by atoms with Gasteiger partial charge >= 0.3 is 0 Å². The second kappa shape index (κ2) is 6.22. The molecule has 0 saturated carbocycles. The number of rotatable bonds is 3. The number of anilines is 1. The van der Waals surface area contributed by atoms with Crippen LogP contribution in [0.2, 0.25) is 5.02 Å². The average Bonchev–Trinajstić information content (AvgIpc) is 3.00. The van der Waals surface area contributed by atoms with Gasteiger partial charge in [0.2, 0.25) is 0 Å². The van der Waals surface area contributed by atoms with Crippen LogP contribution in [0, 0.1) is 0 Å². The first kappa shape index (κ1) is 14.5. The second-order valence-corrected chi connectivity index (χ2v) is 6.36. The topological polar surface area (TPSA) is 24.3 Å². The van der Waals surface area contributed by atoms with Crippen LogP contribution < -0.4 is 4.90 Å². The molecule has 1 saturated heterocycles. The second-order valence-electron chi connectivity index (χ2n) is 5.92. The number of benzene rings is 1. The number of pyridine rings is 1. The zero-order valence-corrected chi connectivity index (χ0v) is 13.7. The molecule has 0 amide bonds. The van der Waals surface area contributed by atoms with Crippen molar-refractivity contribution in [1.29, 1.82) is 0 Å². The molecule has 4 rings (SSSR count). The molecule has 0 radical (unpaired) electrons. The third-order valence-corrected chi connectivity index (χ3v) is 4.69. The molecule has 23 heavy (non-hydrogen) atoms. The lowest BCUT2D eigenvalue weighted by atomic mass is 10.2. The Balaban J connectivity index is 1.41. The van der Waals surface area contributed by atoms with Gasteiger partial charge in [0.05, 0.1) is 6.67 Å². The Kier molecular flexibility index (Phi) is 3.93. The maximum absolute atomic E-state index is 5.97. The van der Waals surface area contributed by atoms with Gasteiger partial charge in [0.15, 0.2) is 0 Å². The highest BCUT2D eigenvalue weighted by atomic mass is 35.5. The molecule has 118 valence electrons. The molecular formula is C18H19ClN4.